The van der Waals surface area contributed by atoms with E-state index in [2.05, 4.69) is 0 Å². The molecule has 0 radical (unpaired) electrons. The lowest BCUT2D eigenvalue weighted by Gasteiger charge is -2.26. The van der Waals surface area contributed by atoms with Gasteiger partial charge in [0.15, 0.2) is 5.06 Å². The number of halogens is 1. The monoisotopic (exact) mass is 151 g/mol. The molecule has 9 heavy (non-hydrogen) atoms. The van der Waals surface area contributed by atoms with E-state index in [1.165, 1.54) is 6.92 Å². The van der Waals surface area contributed by atoms with Crippen molar-refractivity contribution in [3.05, 3.63) is 0 Å². The Morgan fingerprint density at radius 2 is 1.89 bits per heavy atom. The van der Waals surface area contributed by atoms with Gasteiger partial charge in [0.25, 0.3) is 0 Å². The Balaban J connectivity index is 3.88. The van der Waals surface area contributed by atoms with Crippen molar-refractivity contribution >= 4 is 11.6 Å². The topological polar surface area (TPSA) is 46.2 Å². The molecular weight excluding hydrogens is 138 g/mol. The van der Waals surface area contributed by atoms with Crippen LogP contribution in [0, 0.1) is 5.92 Å². The molecule has 0 bridgehead atoms. The summed E-state index contributed by atoms with van der Waals surface area (Å²) in [5, 5.41) is 7.83. The molecule has 0 aliphatic rings. The summed E-state index contributed by atoms with van der Waals surface area (Å²) in [4.78, 5) is 0. The molecule has 3 N–H and O–H groups in total. The summed E-state index contributed by atoms with van der Waals surface area (Å²) in [6.45, 7) is 5.34. The zero-order valence-electron chi connectivity index (χ0n) is 6.06. The van der Waals surface area contributed by atoms with Crippen molar-refractivity contribution in [2.75, 3.05) is 0 Å². The highest BCUT2D eigenvalue weighted by Gasteiger charge is 2.27. The molecule has 2 nitrogen and oxygen atoms in total. The molecule has 2 atom stereocenters. The van der Waals surface area contributed by atoms with Crippen LogP contribution in [0.2, 0.25) is 0 Å². The number of rotatable bonds is 2. The molecule has 0 aliphatic carbocycles. The van der Waals surface area contributed by atoms with E-state index in [0.717, 1.165) is 0 Å². The van der Waals surface area contributed by atoms with E-state index in [9.17, 15) is 0 Å². The SMILES string of the molecule is CC(C)[C@H](N)C(C)(O)Cl. The van der Waals surface area contributed by atoms with Crippen LogP contribution >= 0.6 is 11.6 Å². The summed E-state index contributed by atoms with van der Waals surface area (Å²) in [5.74, 6) is 0.206. The molecule has 0 rings (SSSR count). The second-order valence-corrected chi connectivity index (χ2v) is 3.56. The highest BCUT2D eigenvalue weighted by atomic mass is 35.5. The Kier molecular flexibility index (Phi) is 2.93. The molecule has 0 spiro atoms. The van der Waals surface area contributed by atoms with Crippen molar-refractivity contribution in [2.45, 2.75) is 31.9 Å². The summed E-state index contributed by atoms with van der Waals surface area (Å²) < 4.78 is 0. The van der Waals surface area contributed by atoms with E-state index in [-0.39, 0.29) is 12.0 Å². The van der Waals surface area contributed by atoms with Gasteiger partial charge in [-0.3, -0.25) is 0 Å². The van der Waals surface area contributed by atoms with E-state index in [1.807, 2.05) is 13.8 Å². The van der Waals surface area contributed by atoms with E-state index < -0.39 is 5.06 Å². The third-order valence-corrected chi connectivity index (χ3v) is 1.58. The first-order valence-electron chi connectivity index (χ1n) is 3.02. The minimum Gasteiger partial charge on any atom is -0.374 e. The van der Waals surface area contributed by atoms with Gasteiger partial charge in [-0.05, 0) is 12.8 Å². The highest BCUT2D eigenvalue weighted by molar-refractivity contribution is 6.22. The van der Waals surface area contributed by atoms with Gasteiger partial charge < -0.3 is 10.8 Å². The fourth-order valence-corrected chi connectivity index (χ4v) is 0.860. The predicted octanol–water partition coefficient (Wildman–Crippen LogP) is 0.917. The summed E-state index contributed by atoms with van der Waals surface area (Å²) in [5.41, 5.74) is 5.51. The van der Waals surface area contributed by atoms with Gasteiger partial charge in [0.05, 0.1) is 0 Å². The zero-order valence-corrected chi connectivity index (χ0v) is 6.81. The maximum atomic E-state index is 9.10. The lowest BCUT2D eigenvalue weighted by molar-refractivity contribution is 0.0995. The van der Waals surface area contributed by atoms with Crippen molar-refractivity contribution in [2.24, 2.45) is 11.7 Å². The van der Waals surface area contributed by atoms with Gasteiger partial charge >= 0.3 is 0 Å². The largest absolute Gasteiger partial charge is 0.374 e. The normalized spacial score (nSPS) is 21.7. The molecule has 1 unspecified atom stereocenters. The first-order valence-corrected chi connectivity index (χ1v) is 3.40. The van der Waals surface area contributed by atoms with Crippen molar-refractivity contribution in [1.82, 2.24) is 0 Å². The molecule has 0 fully saturated rings. The van der Waals surface area contributed by atoms with E-state index in [4.69, 9.17) is 22.4 Å². The summed E-state index contributed by atoms with van der Waals surface area (Å²) in [6, 6.07) is -0.362. The first-order chi connectivity index (χ1) is 3.85. The number of aliphatic hydroxyl groups is 1. The number of alkyl halides is 1. The van der Waals surface area contributed by atoms with E-state index >= 15 is 0 Å². The molecule has 0 aliphatic heterocycles. The Labute approximate surface area is 61.0 Å². The van der Waals surface area contributed by atoms with Crippen LogP contribution in [0.15, 0.2) is 0 Å². The van der Waals surface area contributed by atoms with Gasteiger partial charge in [-0.15, -0.1) is 0 Å². The van der Waals surface area contributed by atoms with E-state index in [1.54, 1.807) is 0 Å². The van der Waals surface area contributed by atoms with Crippen LogP contribution in [0.25, 0.3) is 0 Å². The van der Waals surface area contributed by atoms with Crippen molar-refractivity contribution < 1.29 is 5.11 Å². The fourth-order valence-electron chi connectivity index (χ4n) is 0.608. The molecule has 0 heterocycles. The second kappa shape index (κ2) is 2.86. The number of hydrogen-bond donors (Lipinski definition) is 2. The minimum absolute atomic E-state index is 0.206. The first kappa shape index (κ1) is 9.21. The van der Waals surface area contributed by atoms with Gasteiger partial charge in [-0.25, -0.2) is 0 Å². The van der Waals surface area contributed by atoms with Crippen LogP contribution in [-0.2, 0) is 0 Å². The summed E-state index contributed by atoms with van der Waals surface area (Å²) in [6.07, 6.45) is 0. The Hall–Kier alpha value is 0.210. The zero-order chi connectivity index (χ0) is 7.65. The molecule has 0 saturated heterocycles. The molecule has 0 aromatic carbocycles. The van der Waals surface area contributed by atoms with Crippen LogP contribution in [0.4, 0.5) is 0 Å². The molecule has 3 heteroatoms. The minimum atomic E-state index is -1.27. The third kappa shape index (κ3) is 3.04. The second-order valence-electron chi connectivity index (χ2n) is 2.79. The Morgan fingerprint density at radius 1 is 1.56 bits per heavy atom. The standard InChI is InChI=1S/C6H14ClNO/c1-4(2)5(8)6(3,7)9/h4-5,9H,8H2,1-3H3/t5-,6?/m0/s1. The average Bonchev–Trinajstić information content (AvgIpc) is 1.62. The summed E-state index contributed by atoms with van der Waals surface area (Å²) in [7, 11) is 0. The number of nitrogens with two attached hydrogens (primary N) is 1. The van der Waals surface area contributed by atoms with Gasteiger partial charge in [0.2, 0.25) is 0 Å². The predicted molar refractivity (Wildman–Crippen MR) is 39.3 cm³/mol. The molecule has 0 aromatic rings. The van der Waals surface area contributed by atoms with Crippen molar-refractivity contribution in [3.63, 3.8) is 0 Å². The molecule has 0 aromatic heterocycles. The van der Waals surface area contributed by atoms with Crippen molar-refractivity contribution in [3.8, 4) is 0 Å². The molecule has 56 valence electrons. The van der Waals surface area contributed by atoms with Crippen LogP contribution in [-0.4, -0.2) is 16.2 Å². The highest BCUT2D eigenvalue weighted by Crippen LogP contribution is 2.18. The summed E-state index contributed by atoms with van der Waals surface area (Å²) >= 11 is 5.51. The lowest BCUT2D eigenvalue weighted by Crippen LogP contribution is -2.44. The molecule has 0 saturated carbocycles. The van der Waals surface area contributed by atoms with Crippen LogP contribution in [0.3, 0.4) is 0 Å². The molecular formula is C6H14ClNO. The Bertz CT molecular complexity index is 87.5. The van der Waals surface area contributed by atoms with Crippen LogP contribution in [0.5, 0.6) is 0 Å². The van der Waals surface area contributed by atoms with Gasteiger partial charge in [0.1, 0.15) is 0 Å². The molecule has 0 amide bonds. The van der Waals surface area contributed by atoms with Crippen molar-refractivity contribution in [1.29, 1.82) is 0 Å². The quantitative estimate of drug-likeness (QED) is 0.577. The smallest absolute Gasteiger partial charge is 0.151 e. The van der Waals surface area contributed by atoms with Gasteiger partial charge in [0, 0.05) is 6.04 Å². The van der Waals surface area contributed by atoms with Gasteiger partial charge in [-0.1, -0.05) is 25.4 Å². The maximum absolute atomic E-state index is 9.10. The third-order valence-electron chi connectivity index (χ3n) is 1.33. The van der Waals surface area contributed by atoms with Crippen LogP contribution < -0.4 is 5.73 Å². The lowest BCUT2D eigenvalue weighted by atomic mass is 10.0. The fraction of sp³-hybridized carbons (Fsp3) is 1.00. The van der Waals surface area contributed by atoms with Crippen LogP contribution in [0.1, 0.15) is 20.8 Å². The number of hydrogen-bond acceptors (Lipinski definition) is 2. The maximum Gasteiger partial charge on any atom is 0.151 e. The Morgan fingerprint density at radius 3 is 1.89 bits per heavy atom. The average molecular weight is 152 g/mol. The van der Waals surface area contributed by atoms with E-state index in [0.29, 0.717) is 0 Å². The van der Waals surface area contributed by atoms with Gasteiger partial charge in [-0.2, -0.15) is 0 Å².